The van der Waals surface area contributed by atoms with Crippen LogP contribution in [0.15, 0.2) is 42.5 Å². The lowest BCUT2D eigenvalue weighted by Crippen LogP contribution is -2.17. The number of hydrogen-bond acceptors (Lipinski definition) is 4. The van der Waals surface area contributed by atoms with Crippen LogP contribution in [0.4, 0.5) is 5.69 Å². The third kappa shape index (κ3) is 3.15. The van der Waals surface area contributed by atoms with Gasteiger partial charge in [0, 0.05) is 41.7 Å². The van der Waals surface area contributed by atoms with Gasteiger partial charge in [0.1, 0.15) is 0 Å². The van der Waals surface area contributed by atoms with Gasteiger partial charge in [-0.2, -0.15) is 0 Å². The number of aliphatic hydroxyl groups is 1. The van der Waals surface area contributed by atoms with E-state index in [-0.39, 0.29) is 0 Å². The van der Waals surface area contributed by atoms with Crippen LogP contribution in [0, 0.1) is 0 Å². The van der Waals surface area contributed by atoms with E-state index in [4.69, 9.17) is 10.5 Å². The number of carbonyl (C=O) groups excluding carboxylic acids is 1. The van der Waals surface area contributed by atoms with E-state index in [0.717, 1.165) is 47.1 Å². The largest absolute Gasteiger partial charge is 0.388 e. The van der Waals surface area contributed by atoms with Gasteiger partial charge in [-0.3, -0.25) is 4.79 Å². The molecule has 4 N–H and O–H groups in total. The van der Waals surface area contributed by atoms with E-state index in [0.29, 0.717) is 24.4 Å². The number of amides is 1. The maximum absolute atomic E-state index is 11.9. The smallest absolute Gasteiger partial charge is 0.250 e. The first kappa shape index (κ1) is 18.5. The van der Waals surface area contributed by atoms with Crippen molar-refractivity contribution in [3.63, 3.8) is 0 Å². The van der Waals surface area contributed by atoms with Crippen molar-refractivity contribution in [3.05, 3.63) is 59.3 Å². The molecule has 1 amide bonds. The van der Waals surface area contributed by atoms with Crippen molar-refractivity contribution < 1.29 is 14.6 Å². The van der Waals surface area contributed by atoms with Crippen LogP contribution in [0.25, 0.3) is 16.6 Å². The molecule has 1 aliphatic rings. The molecule has 6 heteroatoms. The summed E-state index contributed by atoms with van der Waals surface area (Å²) in [6.45, 7) is 1.10. The molecule has 0 saturated carbocycles. The minimum atomic E-state index is -0.471. The molecule has 28 heavy (non-hydrogen) atoms. The van der Waals surface area contributed by atoms with Crippen molar-refractivity contribution in [2.45, 2.75) is 25.4 Å². The van der Waals surface area contributed by atoms with Crippen molar-refractivity contribution in [2.24, 2.45) is 5.73 Å². The van der Waals surface area contributed by atoms with Gasteiger partial charge in [-0.25, -0.2) is 0 Å². The van der Waals surface area contributed by atoms with Crippen molar-refractivity contribution >= 4 is 22.5 Å². The molecule has 1 aliphatic carbocycles. The van der Waals surface area contributed by atoms with Gasteiger partial charge in [0.15, 0.2) is 0 Å². The molecule has 1 aromatic heterocycles. The molecule has 146 valence electrons. The summed E-state index contributed by atoms with van der Waals surface area (Å²) in [6, 6.07) is 13.8. The van der Waals surface area contributed by atoms with Gasteiger partial charge in [-0.1, -0.05) is 18.2 Å². The summed E-state index contributed by atoms with van der Waals surface area (Å²) in [6.07, 6.45) is 2.19. The zero-order chi connectivity index (χ0) is 19.7. The summed E-state index contributed by atoms with van der Waals surface area (Å²) in [7, 11) is 1.64. The Morgan fingerprint density at radius 1 is 1.32 bits per heavy atom. The highest BCUT2D eigenvalue weighted by molar-refractivity contribution is 5.99. The zero-order valence-corrected chi connectivity index (χ0v) is 15.9. The van der Waals surface area contributed by atoms with Crippen LogP contribution < -0.4 is 11.1 Å². The van der Waals surface area contributed by atoms with E-state index in [9.17, 15) is 9.90 Å². The third-order valence-corrected chi connectivity index (χ3v) is 5.39. The zero-order valence-electron chi connectivity index (χ0n) is 15.9. The Balaban J connectivity index is 1.89. The Morgan fingerprint density at radius 3 is 2.93 bits per heavy atom. The number of ether oxygens (including phenoxy) is 1. The molecule has 6 nitrogen and oxygen atoms in total. The Kier molecular flexibility index (Phi) is 5.07. The van der Waals surface area contributed by atoms with Crippen molar-refractivity contribution in [1.82, 2.24) is 4.57 Å². The van der Waals surface area contributed by atoms with Crippen molar-refractivity contribution in [3.8, 4) is 5.69 Å². The second-order valence-electron chi connectivity index (χ2n) is 7.13. The lowest BCUT2D eigenvalue weighted by Gasteiger charge is -2.21. The number of aliphatic hydroxyl groups excluding tert-OH is 1. The molecule has 1 heterocycles. The Morgan fingerprint density at radius 2 is 2.14 bits per heavy atom. The van der Waals surface area contributed by atoms with Crippen molar-refractivity contribution in [2.75, 3.05) is 25.6 Å². The average molecular weight is 379 g/mol. The number of primary amides is 1. The van der Waals surface area contributed by atoms with Crippen LogP contribution >= 0.6 is 0 Å². The number of hydrogen-bond donors (Lipinski definition) is 3. The minimum Gasteiger partial charge on any atom is -0.388 e. The highest BCUT2D eigenvalue weighted by atomic mass is 16.5. The van der Waals surface area contributed by atoms with E-state index in [1.807, 2.05) is 24.3 Å². The second kappa shape index (κ2) is 7.66. The SMILES string of the molecule is COCCNc1cc(-n2c3c(c4ccccc42)C(O)CCC3)ccc1C(N)=O. The lowest BCUT2D eigenvalue weighted by atomic mass is 9.93. The Hall–Kier alpha value is -2.83. The molecule has 0 bridgehead atoms. The third-order valence-electron chi connectivity index (χ3n) is 5.39. The second-order valence-corrected chi connectivity index (χ2v) is 7.13. The number of rotatable bonds is 6. The van der Waals surface area contributed by atoms with Crippen LogP contribution in [0.5, 0.6) is 0 Å². The average Bonchev–Trinajstić information content (AvgIpc) is 3.03. The first-order valence-corrected chi connectivity index (χ1v) is 9.59. The summed E-state index contributed by atoms with van der Waals surface area (Å²) < 4.78 is 7.29. The first-order chi connectivity index (χ1) is 13.6. The first-order valence-electron chi connectivity index (χ1n) is 9.59. The fourth-order valence-corrected chi connectivity index (χ4v) is 4.16. The molecule has 0 saturated heterocycles. The molecule has 4 rings (SSSR count). The Bertz CT molecular complexity index is 1030. The maximum Gasteiger partial charge on any atom is 0.250 e. The van der Waals surface area contributed by atoms with Gasteiger partial charge in [0.25, 0.3) is 5.91 Å². The van der Waals surface area contributed by atoms with E-state index >= 15 is 0 Å². The number of benzene rings is 2. The highest BCUT2D eigenvalue weighted by Crippen LogP contribution is 2.39. The van der Waals surface area contributed by atoms with E-state index in [1.165, 1.54) is 0 Å². The Labute approximate surface area is 163 Å². The van der Waals surface area contributed by atoms with Gasteiger partial charge < -0.3 is 25.5 Å². The molecule has 0 spiro atoms. The fourth-order valence-electron chi connectivity index (χ4n) is 4.16. The number of carbonyl (C=O) groups is 1. The number of methoxy groups -OCH3 is 1. The number of para-hydroxylation sites is 1. The van der Waals surface area contributed by atoms with Crippen LogP contribution in [0.3, 0.4) is 0 Å². The number of aromatic nitrogens is 1. The maximum atomic E-state index is 11.9. The molecule has 1 atom stereocenters. The summed E-state index contributed by atoms with van der Waals surface area (Å²) in [4.78, 5) is 11.9. The predicted molar refractivity (Wildman–Crippen MR) is 110 cm³/mol. The van der Waals surface area contributed by atoms with E-state index in [1.54, 1.807) is 13.2 Å². The number of nitrogens with zero attached hydrogens (tertiary/aromatic N) is 1. The summed E-state index contributed by atoms with van der Waals surface area (Å²) in [5, 5.41) is 15.0. The van der Waals surface area contributed by atoms with E-state index < -0.39 is 12.0 Å². The molecule has 0 fully saturated rings. The lowest BCUT2D eigenvalue weighted by molar-refractivity contribution is 0.100. The summed E-state index contributed by atoms with van der Waals surface area (Å²) >= 11 is 0. The molecule has 2 aromatic carbocycles. The number of nitrogens with one attached hydrogen (secondary N) is 1. The minimum absolute atomic E-state index is 0.445. The normalized spacial score (nSPS) is 16.1. The van der Waals surface area contributed by atoms with Gasteiger partial charge in [-0.05, 0) is 43.5 Å². The van der Waals surface area contributed by atoms with Gasteiger partial charge in [-0.15, -0.1) is 0 Å². The summed E-state index contributed by atoms with van der Waals surface area (Å²) in [5.41, 5.74) is 10.8. The van der Waals surface area contributed by atoms with E-state index in [2.05, 4.69) is 22.0 Å². The molecular weight excluding hydrogens is 354 g/mol. The van der Waals surface area contributed by atoms with Crippen molar-refractivity contribution in [1.29, 1.82) is 0 Å². The van der Waals surface area contributed by atoms with Gasteiger partial charge in [0.05, 0.1) is 23.8 Å². The number of nitrogens with two attached hydrogens (primary N) is 1. The monoisotopic (exact) mass is 379 g/mol. The highest BCUT2D eigenvalue weighted by Gasteiger charge is 2.26. The van der Waals surface area contributed by atoms with Gasteiger partial charge >= 0.3 is 0 Å². The number of fused-ring (bicyclic) bond motifs is 3. The quantitative estimate of drug-likeness (QED) is 0.574. The standard InChI is InChI=1S/C22H25N3O3/c1-28-12-11-24-17-13-14(9-10-15(17)22(23)27)25-18-6-3-2-5-16(18)21-19(25)7-4-8-20(21)26/h2-3,5-6,9-10,13,20,24,26H,4,7-8,11-12H2,1H3,(H2,23,27). The molecule has 3 aromatic rings. The van der Waals surface area contributed by atoms with Crippen LogP contribution in [0.2, 0.25) is 0 Å². The summed E-state index contributed by atoms with van der Waals surface area (Å²) in [5.74, 6) is -0.471. The molecule has 1 unspecified atom stereocenters. The fraction of sp³-hybridized carbons (Fsp3) is 0.318. The van der Waals surface area contributed by atoms with Crippen LogP contribution in [-0.2, 0) is 11.2 Å². The van der Waals surface area contributed by atoms with Gasteiger partial charge in [0.2, 0.25) is 0 Å². The molecule has 0 radical (unpaired) electrons. The molecular formula is C22H25N3O3. The number of anilines is 1. The molecule has 0 aliphatic heterocycles. The van der Waals surface area contributed by atoms with Crippen LogP contribution in [0.1, 0.15) is 40.6 Å². The van der Waals surface area contributed by atoms with Crippen LogP contribution in [-0.4, -0.2) is 35.8 Å². The topological polar surface area (TPSA) is 89.5 Å². The predicted octanol–water partition coefficient (Wildman–Crippen LogP) is 3.16.